The highest BCUT2D eigenvalue weighted by Crippen LogP contribution is 2.58. The Morgan fingerprint density at radius 2 is 0.651 bits per heavy atom. The first kappa shape index (κ1) is 25.6. The molecule has 206 valence electrons. The van der Waals surface area contributed by atoms with E-state index in [0.717, 1.165) is 71.0 Å². The molecule has 0 fully saturated rings. The van der Waals surface area contributed by atoms with Crippen LogP contribution in [0.4, 0.5) is 0 Å². The van der Waals surface area contributed by atoms with Crippen LogP contribution in [0.1, 0.15) is 19.5 Å². The first-order chi connectivity index (χ1) is 21.0. The highest BCUT2D eigenvalue weighted by Gasteiger charge is 2.43. The zero-order valence-corrected chi connectivity index (χ0v) is 26.5. The minimum Gasteiger partial charge on any atom is -0.218 e. The summed E-state index contributed by atoms with van der Waals surface area (Å²) in [7, 11) is -3.91. The molecule has 4 aromatic heterocycles. The molecule has 0 N–H and O–H groups in total. The van der Waals surface area contributed by atoms with Crippen LogP contribution >= 0.6 is 45.3 Å². The van der Waals surface area contributed by atoms with E-state index in [2.05, 4.69) is 72.8 Å². The summed E-state index contributed by atoms with van der Waals surface area (Å²) in [5.74, 6) is 0. The number of thiophene rings is 4. The summed E-state index contributed by atoms with van der Waals surface area (Å²) in [6.45, 7) is 0. The van der Waals surface area contributed by atoms with E-state index in [9.17, 15) is 0 Å². The van der Waals surface area contributed by atoms with E-state index in [1.165, 1.54) is 0 Å². The Balaban J connectivity index is 1.44. The topological polar surface area (TPSA) is 34.1 Å². The van der Waals surface area contributed by atoms with E-state index in [0.29, 0.717) is 9.81 Å². The Labute approximate surface area is 264 Å². The average molecular weight is 645 g/mol. The summed E-state index contributed by atoms with van der Waals surface area (Å²) in [5, 5.41) is 4.35. The minimum absolute atomic E-state index is 0.417. The molecule has 0 aliphatic carbocycles. The second-order valence-electron chi connectivity index (χ2n) is 10.5. The van der Waals surface area contributed by atoms with Gasteiger partial charge in [0.25, 0.3) is 0 Å². The van der Waals surface area contributed by atoms with E-state index >= 15 is 8.42 Å². The van der Waals surface area contributed by atoms with Gasteiger partial charge >= 0.3 is 0 Å². The van der Waals surface area contributed by atoms with E-state index < -0.39 is 9.84 Å². The van der Waals surface area contributed by atoms with Gasteiger partial charge in [-0.15, -0.1) is 45.3 Å². The summed E-state index contributed by atoms with van der Waals surface area (Å²) in [6.07, 6.45) is 0. The van der Waals surface area contributed by atoms with Crippen molar-refractivity contribution < 1.29 is 8.42 Å². The molecule has 9 rings (SSSR count). The second kappa shape index (κ2) is 9.58. The van der Waals surface area contributed by atoms with Crippen molar-refractivity contribution in [2.45, 2.75) is 0 Å². The quantitative estimate of drug-likeness (QED) is 0.191. The molecule has 43 heavy (non-hydrogen) atoms. The van der Waals surface area contributed by atoms with E-state index in [4.69, 9.17) is 0 Å². The predicted molar refractivity (Wildman–Crippen MR) is 190 cm³/mol. The summed E-state index contributed by atoms with van der Waals surface area (Å²) in [4.78, 5) is 4.34. The Morgan fingerprint density at radius 3 is 0.977 bits per heavy atom. The van der Waals surface area contributed by atoms with Gasteiger partial charge in [-0.05, 0) is 70.1 Å². The molecule has 0 spiro atoms. The lowest BCUT2D eigenvalue weighted by Crippen LogP contribution is -2.01. The summed E-state index contributed by atoms with van der Waals surface area (Å²) in [6, 6.07) is 41.3. The Morgan fingerprint density at radius 1 is 0.372 bits per heavy atom. The lowest BCUT2D eigenvalue weighted by atomic mass is 9.99. The summed E-state index contributed by atoms with van der Waals surface area (Å²) >= 11 is 6.44. The van der Waals surface area contributed by atoms with E-state index in [1.54, 1.807) is 45.3 Å². The third kappa shape index (κ3) is 3.96. The molecule has 0 radical (unpaired) electrons. The predicted octanol–water partition coefficient (Wildman–Crippen LogP) is 11.4. The van der Waals surface area contributed by atoms with Gasteiger partial charge in [0.15, 0.2) is 0 Å². The molecule has 0 atom stereocenters. The van der Waals surface area contributed by atoms with Gasteiger partial charge in [0.1, 0.15) is 0 Å². The largest absolute Gasteiger partial charge is 0.218 e. The number of allylic oxidation sites excluding steroid dienone is 2. The molecule has 5 heterocycles. The molecule has 0 saturated carbocycles. The molecule has 7 heteroatoms. The maximum absolute atomic E-state index is 15.2. The molecule has 0 bridgehead atoms. The fourth-order valence-corrected chi connectivity index (χ4v) is 13.1. The van der Waals surface area contributed by atoms with Crippen molar-refractivity contribution in [1.29, 1.82) is 0 Å². The molecule has 8 aromatic rings. The number of hydrogen-bond donors (Lipinski definition) is 0. The molecule has 1 aliphatic heterocycles. The van der Waals surface area contributed by atoms with Crippen molar-refractivity contribution in [3.05, 3.63) is 141 Å². The second-order valence-corrected chi connectivity index (χ2v) is 16.7. The van der Waals surface area contributed by atoms with Crippen LogP contribution in [-0.2, 0) is 9.84 Å². The first-order valence-corrected chi connectivity index (χ1v) is 18.5. The van der Waals surface area contributed by atoms with E-state index in [-0.39, 0.29) is 0 Å². The monoisotopic (exact) mass is 644 g/mol. The first-order valence-electron chi connectivity index (χ1n) is 13.7. The van der Waals surface area contributed by atoms with Crippen molar-refractivity contribution in [2.24, 2.45) is 0 Å². The molecule has 0 unspecified atom stereocenters. The van der Waals surface area contributed by atoms with Crippen molar-refractivity contribution in [3.8, 4) is 0 Å². The summed E-state index contributed by atoms with van der Waals surface area (Å²) < 4.78 is 34.7. The fourth-order valence-electron chi connectivity index (χ4n) is 5.98. The Hall–Kier alpha value is -3.85. The number of benzene rings is 4. The SMILES string of the molecule is O=S1(=O)C(c2cc3ccccc3s2)=C(c2cc3ccccc3s2)C(c2cc3ccccc3s2)=C1c1cc2ccccc2s1. The van der Waals surface area contributed by atoms with Crippen LogP contribution in [0.5, 0.6) is 0 Å². The molecule has 1 aliphatic rings. The molecule has 4 aromatic carbocycles. The maximum Gasteiger partial charge on any atom is 0.210 e. The van der Waals surface area contributed by atoms with Crippen LogP contribution in [0, 0.1) is 0 Å². The van der Waals surface area contributed by atoms with Crippen molar-refractivity contribution in [3.63, 3.8) is 0 Å². The third-order valence-electron chi connectivity index (χ3n) is 7.88. The van der Waals surface area contributed by atoms with Gasteiger partial charge in [-0.3, -0.25) is 0 Å². The van der Waals surface area contributed by atoms with Crippen molar-refractivity contribution >= 4 is 116 Å². The van der Waals surface area contributed by atoms with Crippen LogP contribution in [-0.4, -0.2) is 8.42 Å². The number of fused-ring (bicyclic) bond motifs is 4. The number of hydrogen-bond acceptors (Lipinski definition) is 6. The lowest BCUT2D eigenvalue weighted by molar-refractivity contribution is 0.615. The van der Waals surface area contributed by atoms with Crippen LogP contribution < -0.4 is 0 Å². The lowest BCUT2D eigenvalue weighted by Gasteiger charge is -2.07. The highest BCUT2D eigenvalue weighted by molar-refractivity contribution is 8.10. The standard InChI is InChI=1S/C36H20O2S5/c37-43(38)35(31-19-23-11-3-7-15-27(23)41-31)33(29-17-21-9-1-5-13-25(21)39-29)34(30-18-22-10-2-6-14-26(22)40-30)36(43)32-20-24-12-4-8-16-28(24)42-32/h1-20H. The van der Waals surface area contributed by atoms with Gasteiger partial charge < -0.3 is 0 Å². The Kier molecular flexibility index (Phi) is 5.71. The number of sulfone groups is 1. The minimum atomic E-state index is -3.91. The molecule has 2 nitrogen and oxygen atoms in total. The zero-order valence-electron chi connectivity index (χ0n) is 22.4. The van der Waals surface area contributed by atoms with Crippen molar-refractivity contribution in [2.75, 3.05) is 0 Å². The highest BCUT2D eigenvalue weighted by atomic mass is 32.2. The maximum atomic E-state index is 15.2. The zero-order chi connectivity index (χ0) is 28.7. The third-order valence-corrected chi connectivity index (χ3v) is 14.6. The van der Waals surface area contributed by atoms with Gasteiger partial charge in [-0.2, -0.15) is 0 Å². The van der Waals surface area contributed by atoms with Crippen molar-refractivity contribution in [1.82, 2.24) is 0 Å². The number of rotatable bonds is 4. The summed E-state index contributed by atoms with van der Waals surface area (Å²) in [5.41, 5.74) is 1.62. The molecule has 0 saturated heterocycles. The van der Waals surface area contributed by atoms with Gasteiger partial charge in [-0.25, -0.2) is 8.42 Å². The average Bonchev–Trinajstić information content (AvgIpc) is 3.82. The molecule has 0 amide bonds. The fraction of sp³-hybridized carbons (Fsp3) is 0. The molecular weight excluding hydrogens is 625 g/mol. The van der Waals surface area contributed by atoms with Gasteiger partial charge in [0, 0.05) is 49.5 Å². The van der Waals surface area contributed by atoms with Crippen LogP contribution in [0.3, 0.4) is 0 Å². The van der Waals surface area contributed by atoms with Crippen LogP contribution in [0.25, 0.3) is 61.3 Å². The smallest absolute Gasteiger partial charge is 0.210 e. The van der Waals surface area contributed by atoms with E-state index in [1.807, 2.05) is 48.5 Å². The van der Waals surface area contributed by atoms with Crippen LogP contribution in [0.15, 0.2) is 121 Å². The van der Waals surface area contributed by atoms with Gasteiger partial charge in [0.05, 0.1) is 9.81 Å². The van der Waals surface area contributed by atoms with Gasteiger partial charge in [0.2, 0.25) is 9.84 Å². The normalized spacial score (nSPS) is 15.2. The molecular formula is C36H20O2S5. The van der Waals surface area contributed by atoms with Gasteiger partial charge in [-0.1, -0.05) is 72.8 Å². The Bertz CT molecular complexity index is 2280. The van der Waals surface area contributed by atoms with Crippen LogP contribution in [0.2, 0.25) is 0 Å².